The third-order valence-corrected chi connectivity index (χ3v) is 3.67. The van der Waals surface area contributed by atoms with Gasteiger partial charge in [0.25, 0.3) is 0 Å². The summed E-state index contributed by atoms with van der Waals surface area (Å²) in [5.74, 6) is -5.31. The maximum absolute atomic E-state index is 13.5. The van der Waals surface area contributed by atoms with Crippen molar-refractivity contribution in [1.29, 1.82) is 5.26 Å². The summed E-state index contributed by atoms with van der Waals surface area (Å²) in [5, 5.41) is 9.10. The SMILES string of the molecule is Cc1occc1C(=O)[C@H](C#N)C(=O)CCC(=O)c1ccc(F)cc1F. The Hall–Kier alpha value is -3.14. The van der Waals surface area contributed by atoms with Gasteiger partial charge in [-0.25, -0.2) is 8.78 Å². The van der Waals surface area contributed by atoms with Crippen molar-refractivity contribution in [1.82, 2.24) is 0 Å². The van der Waals surface area contributed by atoms with Crippen LogP contribution in [0.4, 0.5) is 8.78 Å². The van der Waals surface area contributed by atoms with Crippen LogP contribution in [-0.4, -0.2) is 17.3 Å². The van der Waals surface area contributed by atoms with Gasteiger partial charge in [0.15, 0.2) is 23.3 Å². The van der Waals surface area contributed by atoms with Crippen molar-refractivity contribution in [3.63, 3.8) is 0 Å². The van der Waals surface area contributed by atoms with Gasteiger partial charge in [-0.2, -0.15) is 5.26 Å². The second-order valence-corrected chi connectivity index (χ2v) is 5.33. The molecule has 0 fully saturated rings. The van der Waals surface area contributed by atoms with Crippen LogP contribution >= 0.6 is 0 Å². The van der Waals surface area contributed by atoms with Gasteiger partial charge in [-0.15, -0.1) is 0 Å². The van der Waals surface area contributed by atoms with Crippen molar-refractivity contribution >= 4 is 17.3 Å². The molecule has 5 nitrogen and oxygen atoms in total. The molecular formula is C18H13F2NO4. The summed E-state index contributed by atoms with van der Waals surface area (Å²) in [6, 6.07) is 5.46. The monoisotopic (exact) mass is 345 g/mol. The van der Waals surface area contributed by atoms with Gasteiger partial charge in [-0.3, -0.25) is 14.4 Å². The Morgan fingerprint density at radius 1 is 1.16 bits per heavy atom. The Kier molecular flexibility index (Phi) is 5.55. The fraction of sp³-hybridized carbons (Fsp3) is 0.222. The number of carbonyl (C=O) groups excluding carboxylic acids is 3. The Balaban J connectivity index is 2.05. The predicted molar refractivity (Wildman–Crippen MR) is 81.8 cm³/mol. The Bertz CT molecular complexity index is 879. The number of aryl methyl sites for hydroxylation is 1. The molecular weight excluding hydrogens is 332 g/mol. The van der Waals surface area contributed by atoms with E-state index in [0.717, 1.165) is 12.1 Å². The number of rotatable bonds is 7. The molecule has 0 saturated heterocycles. The molecule has 25 heavy (non-hydrogen) atoms. The number of Topliss-reactive ketones (excluding diaryl/α,β-unsaturated/α-hetero) is 3. The molecule has 7 heteroatoms. The third kappa shape index (κ3) is 4.04. The lowest BCUT2D eigenvalue weighted by Crippen LogP contribution is -2.23. The lowest BCUT2D eigenvalue weighted by Gasteiger charge is -2.07. The molecule has 0 amide bonds. The highest BCUT2D eigenvalue weighted by molar-refractivity contribution is 6.13. The molecule has 0 saturated carbocycles. The summed E-state index contributed by atoms with van der Waals surface area (Å²) in [7, 11) is 0. The molecule has 0 aliphatic rings. The van der Waals surface area contributed by atoms with Crippen LogP contribution in [0.25, 0.3) is 0 Å². The zero-order chi connectivity index (χ0) is 18.6. The standard InChI is InChI=1S/C18H13F2NO4/c1-10-12(6-7-25-10)18(24)14(9-21)17(23)5-4-16(22)13-3-2-11(19)8-15(13)20/h2-3,6-8,14H,4-5H2,1H3/t14-/m1/s1. The first-order valence-electron chi connectivity index (χ1n) is 7.34. The summed E-state index contributed by atoms with van der Waals surface area (Å²) < 4.78 is 31.4. The van der Waals surface area contributed by atoms with Gasteiger partial charge in [0.05, 0.1) is 23.5 Å². The van der Waals surface area contributed by atoms with Crippen LogP contribution < -0.4 is 0 Å². The molecule has 1 atom stereocenters. The molecule has 0 aliphatic carbocycles. The van der Waals surface area contributed by atoms with Gasteiger partial charge in [0.1, 0.15) is 17.4 Å². The lowest BCUT2D eigenvalue weighted by atomic mass is 9.91. The van der Waals surface area contributed by atoms with Crippen molar-refractivity contribution in [2.45, 2.75) is 19.8 Å². The van der Waals surface area contributed by atoms with Gasteiger partial charge in [0, 0.05) is 18.9 Å². The molecule has 0 unspecified atom stereocenters. The van der Waals surface area contributed by atoms with Gasteiger partial charge in [-0.1, -0.05) is 0 Å². The van der Waals surface area contributed by atoms with Crippen LogP contribution in [0.3, 0.4) is 0 Å². The molecule has 0 bridgehead atoms. The predicted octanol–water partition coefficient (Wildman–Crippen LogP) is 3.42. The molecule has 2 aromatic rings. The molecule has 1 heterocycles. The molecule has 0 spiro atoms. The van der Waals surface area contributed by atoms with Crippen LogP contribution in [0.15, 0.2) is 34.9 Å². The average molecular weight is 345 g/mol. The molecule has 0 aliphatic heterocycles. The van der Waals surface area contributed by atoms with Crippen molar-refractivity contribution in [3.05, 3.63) is 59.1 Å². The van der Waals surface area contributed by atoms with E-state index < -0.39 is 47.7 Å². The van der Waals surface area contributed by atoms with Crippen LogP contribution in [-0.2, 0) is 4.79 Å². The first-order chi connectivity index (χ1) is 11.8. The van der Waals surface area contributed by atoms with Crippen molar-refractivity contribution in [2.24, 2.45) is 5.92 Å². The van der Waals surface area contributed by atoms with Crippen LogP contribution in [0.1, 0.15) is 39.3 Å². The van der Waals surface area contributed by atoms with Crippen LogP contribution in [0.2, 0.25) is 0 Å². The van der Waals surface area contributed by atoms with E-state index in [1.807, 2.05) is 0 Å². The second-order valence-electron chi connectivity index (χ2n) is 5.33. The summed E-state index contributed by atoms with van der Waals surface area (Å²) >= 11 is 0. The highest BCUT2D eigenvalue weighted by atomic mass is 19.1. The van der Waals surface area contributed by atoms with E-state index in [1.165, 1.54) is 19.3 Å². The van der Waals surface area contributed by atoms with Gasteiger partial charge < -0.3 is 4.42 Å². The topological polar surface area (TPSA) is 88.1 Å². The maximum Gasteiger partial charge on any atom is 0.191 e. The highest BCUT2D eigenvalue weighted by Crippen LogP contribution is 2.18. The minimum Gasteiger partial charge on any atom is -0.469 e. The van der Waals surface area contributed by atoms with Gasteiger partial charge in [0.2, 0.25) is 0 Å². The Labute approximate surface area is 141 Å². The van der Waals surface area contributed by atoms with E-state index in [1.54, 1.807) is 6.07 Å². The fourth-order valence-electron chi connectivity index (χ4n) is 2.30. The number of furan rings is 1. The highest BCUT2D eigenvalue weighted by Gasteiger charge is 2.29. The Morgan fingerprint density at radius 3 is 2.44 bits per heavy atom. The summed E-state index contributed by atoms with van der Waals surface area (Å²) in [6.45, 7) is 1.52. The smallest absolute Gasteiger partial charge is 0.191 e. The molecule has 0 radical (unpaired) electrons. The molecule has 0 N–H and O–H groups in total. The van der Waals surface area contributed by atoms with E-state index in [-0.39, 0.29) is 16.9 Å². The van der Waals surface area contributed by atoms with Crippen molar-refractivity contribution < 1.29 is 27.6 Å². The molecule has 1 aromatic carbocycles. The number of benzene rings is 1. The van der Waals surface area contributed by atoms with E-state index >= 15 is 0 Å². The first kappa shape index (κ1) is 18.2. The van der Waals surface area contributed by atoms with E-state index in [4.69, 9.17) is 9.68 Å². The zero-order valence-electron chi connectivity index (χ0n) is 13.2. The number of nitriles is 1. The van der Waals surface area contributed by atoms with E-state index in [9.17, 15) is 23.2 Å². The van der Waals surface area contributed by atoms with Gasteiger partial charge in [-0.05, 0) is 25.1 Å². The number of nitrogens with zero attached hydrogens (tertiary/aromatic N) is 1. The first-order valence-corrected chi connectivity index (χ1v) is 7.34. The number of hydrogen-bond acceptors (Lipinski definition) is 5. The zero-order valence-corrected chi connectivity index (χ0v) is 13.2. The fourth-order valence-corrected chi connectivity index (χ4v) is 2.30. The van der Waals surface area contributed by atoms with Crippen LogP contribution in [0, 0.1) is 35.8 Å². The Morgan fingerprint density at radius 2 is 1.88 bits per heavy atom. The molecule has 1 aromatic heterocycles. The maximum atomic E-state index is 13.5. The second kappa shape index (κ2) is 7.62. The largest absolute Gasteiger partial charge is 0.469 e. The van der Waals surface area contributed by atoms with Gasteiger partial charge >= 0.3 is 0 Å². The lowest BCUT2D eigenvalue weighted by molar-refractivity contribution is -0.120. The quantitative estimate of drug-likeness (QED) is 0.567. The van der Waals surface area contributed by atoms with Crippen molar-refractivity contribution in [2.75, 3.05) is 0 Å². The number of carbonyl (C=O) groups is 3. The summed E-state index contributed by atoms with van der Waals surface area (Å²) in [6.07, 6.45) is 0.468. The number of hydrogen-bond donors (Lipinski definition) is 0. The van der Waals surface area contributed by atoms with Crippen LogP contribution in [0.5, 0.6) is 0 Å². The number of ketones is 3. The van der Waals surface area contributed by atoms with E-state index in [2.05, 4.69) is 0 Å². The number of halogens is 2. The van der Waals surface area contributed by atoms with E-state index in [0.29, 0.717) is 6.07 Å². The normalized spacial score (nSPS) is 11.6. The van der Waals surface area contributed by atoms with Crippen molar-refractivity contribution in [3.8, 4) is 6.07 Å². The minimum atomic E-state index is -1.57. The summed E-state index contributed by atoms with van der Waals surface area (Å²) in [5.41, 5.74) is -0.226. The third-order valence-electron chi connectivity index (χ3n) is 3.67. The minimum absolute atomic E-state index is 0.121. The summed E-state index contributed by atoms with van der Waals surface area (Å²) in [4.78, 5) is 36.3. The average Bonchev–Trinajstić information content (AvgIpc) is 2.99. The molecule has 2 rings (SSSR count). The molecule has 128 valence electrons.